The Balaban J connectivity index is 2.53. The monoisotopic (exact) mass is 242 g/mol. The minimum Gasteiger partial charge on any atom is -0.352 e. The number of urea groups is 1. The molecule has 1 heterocycles. The van der Waals surface area contributed by atoms with Crippen molar-refractivity contribution in [2.45, 2.75) is 32.2 Å². The van der Waals surface area contributed by atoms with Gasteiger partial charge in [0.25, 0.3) is 0 Å². The van der Waals surface area contributed by atoms with Gasteiger partial charge in [-0.15, -0.1) is 0 Å². The second-order valence-electron chi connectivity index (χ2n) is 4.28. The second-order valence-corrected chi connectivity index (χ2v) is 4.28. The second kappa shape index (κ2) is 7.11. The summed E-state index contributed by atoms with van der Waals surface area (Å²) in [5, 5.41) is 5.73. The van der Waals surface area contributed by atoms with Crippen molar-refractivity contribution < 1.29 is 9.59 Å². The molecule has 98 valence electrons. The van der Waals surface area contributed by atoms with Gasteiger partial charge in [-0.2, -0.15) is 0 Å². The van der Waals surface area contributed by atoms with Crippen LogP contribution in [-0.2, 0) is 4.79 Å². The number of amides is 3. The lowest BCUT2D eigenvalue weighted by atomic mass is 10.1. The predicted octanol–water partition coefficient (Wildman–Crippen LogP) is -0.355. The molecule has 3 amide bonds. The van der Waals surface area contributed by atoms with Crippen LogP contribution < -0.4 is 16.4 Å². The summed E-state index contributed by atoms with van der Waals surface area (Å²) in [5.74, 6) is -0.0150. The van der Waals surface area contributed by atoms with Crippen molar-refractivity contribution >= 4 is 11.9 Å². The molecule has 0 spiro atoms. The number of nitrogens with one attached hydrogen (secondary N) is 2. The van der Waals surface area contributed by atoms with Gasteiger partial charge in [-0.05, 0) is 6.42 Å². The molecule has 0 saturated carbocycles. The van der Waals surface area contributed by atoms with E-state index in [9.17, 15) is 9.59 Å². The predicted molar refractivity (Wildman–Crippen MR) is 65.5 cm³/mol. The smallest absolute Gasteiger partial charge is 0.312 e. The van der Waals surface area contributed by atoms with Crippen LogP contribution in [0.25, 0.3) is 0 Å². The number of nitrogens with zero attached hydrogens (tertiary/aromatic N) is 1. The molecule has 1 saturated heterocycles. The summed E-state index contributed by atoms with van der Waals surface area (Å²) >= 11 is 0. The molecule has 4 N–H and O–H groups in total. The zero-order chi connectivity index (χ0) is 12.7. The van der Waals surface area contributed by atoms with Gasteiger partial charge in [0.05, 0.1) is 0 Å². The van der Waals surface area contributed by atoms with Crippen LogP contribution in [0.1, 0.15) is 26.2 Å². The Morgan fingerprint density at radius 1 is 1.41 bits per heavy atom. The summed E-state index contributed by atoms with van der Waals surface area (Å²) in [7, 11) is 0. The zero-order valence-corrected chi connectivity index (χ0v) is 10.4. The first-order valence-corrected chi connectivity index (χ1v) is 6.20. The van der Waals surface area contributed by atoms with Gasteiger partial charge >= 0.3 is 6.03 Å². The minimum absolute atomic E-state index is 0.0150. The average molecular weight is 242 g/mol. The van der Waals surface area contributed by atoms with Gasteiger partial charge in [0.1, 0.15) is 6.04 Å². The maximum absolute atomic E-state index is 12.2. The van der Waals surface area contributed by atoms with E-state index in [1.807, 2.05) is 0 Å². The molecule has 0 aromatic rings. The summed E-state index contributed by atoms with van der Waals surface area (Å²) in [6.45, 7) is 5.06. The highest BCUT2D eigenvalue weighted by Crippen LogP contribution is 2.06. The van der Waals surface area contributed by atoms with E-state index < -0.39 is 12.1 Å². The Kier molecular flexibility index (Phi) is 5.76. The zero-order valence-electron chi connectivity index (χ0n) is 10.4. The van der Waals surface area contributed by atoms with Crippen molar-refractivity contribution in [3.63, 3.8) is 0 Å². The first kappa shape index (κ1) is 13.8. The Morgan fingerprint density at radius 2 is 2.06 bits per heavy atom. The number of nitrogens with two attached hydrogens (primary N) is 1. The third kappa shape index (κ3) is 4.60. The molecule has 0 aliphatic carbocycles. The van der Waals surface area contributed by atoms with Crippen LogP contribution in [-0.4, -0.2) is 49.1 Å². The summed E-state index contributed by atoms with van der Waals surface area (Å²) < 4.78 is 0. The van der Waals surface area contributed by atoms with Gasteiger partial charge in [-0.25, -0.2) is 4.79 Å². The quantitative estimate of drug-likeness (QED) is 0.615. The van der Waals surface area contributed by atoms with E-state index >= 15 is 0 Å². The molecule has 6 nitrogen and oxygen atoms in total. The van der Waals surface area contributed by atoms with Crippen molar-refractivity contribution in [1.29, 1.82) is 0 Å². The normalized spacial score (nSPS) is 17.6. The molecule has 0 aromatic carbocycles. The van der Waals surface area contributed by atoms with Gasteiger partial charge in [0, 0.05) is 26.2 Å². The third-order valence-corrected chi connectivity index (χ3v) is 2.89. The first-order chi connectivity index (χ1) is 8.15. The maximum Gasteiger partial charge on any atom is 0.312 e. The molecule has 17 heavy (non-hydrogen) atoms. The molecule has 1 atom stereocenters. The van der Waals surface area contributed by atoms with Gasteiger partial charge in [-0.1, -0.05) is 19.8 Å². The van der Waals surface area contributed by atoms with E-state index in [0.717, 1.165) is 25.9 Å². The van der Waals surface area contributed by atoms with Crippen molar-refractivity contribution in [3.8, 4) is 0 Å². The summed E-state index contributed by atoms with van der Waals surface area (Å²) in [6, 6.07) is -1.10. The number of unbranched alkanes of at least 4 members (excludes halogenated alkanes) is 1. The van der Waals surface area contributed by atoms with Crippen LogP contribution >= 0.6 is 0 Å². The van der Waals surface area contributed by atoms with Gasteiger partial charge in [-0.3, -0.25) is 4.79 Å². The van der Waals surface area contributed by atoms with E-state index in [2.05, 4.69) is 17.6 Å². The minimum atomic E-state index is -0.630. The van der Waals surface area contributed by atoms with Gasteiger partial charge in [0.15, 0.2) is 0 Å². The van der Waals surface area contributed by atoms with Crippen LogP contribution in [0, 0.1) is 0 Å². The molecule has 1 aliphatic heterocycles. The highest BCUT2D eigenvalue weighted by molar-refractivity contribution is 5.86. The van der Waals surface area contributed by atoms with Gasteiger partial charge < -0.3 is 21.3 Å². The lowest BCUT2D eigenvalue weighted by Crippen LogP contribution is -2.54. The molecule has 1 aliphatic rings. The number of carbonyl (C=O) groups is 2. The van der Waals surface area contributed by atoms with Crippen LogP contribution in [0.2, 0.25) is 0 Å². The van der Waals surface area contributed by atoms with Crippen molar-refractivity contribution in [3.05, 3.63) is 0 Å². The largest absolute Gasteiger partial charge is 0.352 e. The molecule has 6 heteroatoms. The molecule has 1 unspecified atom stereocenters. The van der Waals surface area contributed by atoms with E-state index in [0.29, 0.717) is 19.5 Å². The number of carbonyl (C=O) groups excluding carboxylic acids is 2. The van der Waals surface area contributed by atoms with Crippen LogP contribution in [0.5, 0.6) is 0 Å². The Bertz CT molecular complexity index is 264. The fraction of sp³-hybridized carbons (Fsp3) is 0.818. The lowest BCUT2D eigenvalue weighted by Gasteiger charge is -2.31. The maximum atomic E-state index is 12.2. The van der Waals surface area contributed by atoms with Crippen LogP contribution in [0.15, 0.2) is 0 Å². The van der Waals surface area contributed by atoms with E-state index in [4.69, 9.17) is 5.73 Å². The number of hydrogen-bond donors (Lipinski definition) is 3. The molecule has 1 fully saturated rings. The standard InChI is InChI=1S/C11H22N4O2/c1-2-3-4-9(14-11(12)17)10(16)15-7-5-13-6-8-15/h9,13H,2-8H2,1H3,(H3,12,14,17). The van der Waals surface area contributed by atoms with Gasteiger partial charge in [0.2, 0.25) is 5.91 Å². The number of hydrogen-bond acceptors (Lipinski definition) is 3. The number of rotatable bonds is 5. The molecule has 0 bridgehead atoms. The first-order valence-electron chi connectivity index (χ1n) is 6.20. The molecule has 0 aromatic heterocycles. The molecular formula is C11H22N4O2. The SMILES string of the molecule is CCCCC(NC(N)=O)C(=O)N1CCNCC1. The van der Waals surface area contributed by atoms with Crippen molar-refractivity contribution in [2.75, 3.05) is 26.2 Å². The fourth-order valence-electron chi connectivity index (χ4n) is 1.94. The lowest BCUT2D eigenvalue weighted by molar-refractivity contribution is -0.133. The molecular weight excluding hydrogens is 220 g/mol. The topological polar surface area (TPSA) is 87.5 Å². The van der Waals surface area contributed by atoms with Crippen molar-refractivity contribution in [2.24, 2.45) is 5.73 Å². The number of piperazine rings is 1. The average Bonchev–Trinajstić information content (AvgIpc) is 2.34. The third-order valence-electron chi connectivity index (χ3n) is 2.89. The van der Waals surface area contributed by atoms with Crippen LogP contribution in [0.3, 0.4) is 0 Å². The summed E-state index contributed by atoms with van der Waals surface area (Å²) in [4.78, 5) is 24.8. The highest BCUT2D eigenvalue weighted by atomic mass is 16.2. The Labute approximate surface area is 102 Å². The molecule has 0 radical (unpaired) electrons. The molecule has 1 rings (SSSR count). The number of primary amides is 1. The fourth-order valence-corrected chi connectivity index (χ4v) is 1.94. The highest BCUT2D eigenvalue weighted by Gasteiger charge is 2.25. The van der Waals surface area contributed by atoms with E-state index in [1.165, 1.54) is 0 Å². The van der Waals surface area contributed by atoms with Crippen molar-refractivity contribution in [1.82, 2.24) is 15.5 Å². The van der Waals surface area contributed by atoms with E-state index in [-0.39, 0.29) is 5.91 Å². The summed E-state index contributed by atoms with van der Waals surface area (Å²) in [5.41, 5.74) is 5.10. The Morgan fingerprint density at radius 3 is 2.59 bits per heavy atom. The van der Waals surface area contributed by atoms with Crippen LogP contribution in [0.4, 0.5) is 4.79 Å². The Hall–Kier alpha value is -1.30. The summed E-state index contributed by atoms with van der Waals surface area (Å²) in [6.07, 6.45) is 2.55. The van der Waals surface area contributed by atoms with E-state index in [1.54, 1.807) is 4.90 Å².